The maximum absolute atomic E-state index is 11.3. The van der Waals surface area contributed by atoms with Gasteiger partial charge in [-0.2, -0.15) is 0 Å². The molecule has 0 radical (unpaired) electrons. The number of carbonyl (C=O) groups is 1. The van der Waals surface area contributed by atoms with Crippen molar-refractivity contribution < 1.29 is 9.53 Å². The van der Waals surface area contributed by atoms with E-state index in [0.717, 1.165) is 13.0 Å². The van der Waals surface area contributed by atoms with Crippen molar-refractivity contribution in [2.24, 2.45) is 0 Å². The normalized spacial score (nSPS) is 30.1. The fourth-order valence-corrected chi connectivity index (χ4v) is 2.47. The average Bonchev–Trinajstić information content (AvgIpc) is 2.55. The predicted octanol–water partition coefficient (Wildman–Crippen LogP) is 1.18. The first-order valence-electron chi connectivity index (χ1n) is 5.16. The summed E-state index contributed by atoms with van der Waals surface area (Å²) in [6.07, 6.45) is 6.19. The van der Waals surface area contributed by atoms with Crippen LogP contribution in [-0.2, 0) is 9.53 Å². The van der Waals surface area contributed by atoms with Gasteiger partial charge in [-0.1, -0.05) is 12.8 Å². The highest BCUT2D eigenvalue weighted by atomic mass is 16.5. The minimum absolute atomic E-state index is 0.0434. The lowest BCUT2D eigenvalue weighted by Crippen LogP contribution is -2.56. The van der Waals surface area contributed by atoms with Crippen molar-refractivity contribution >= 4 is 5.97 Å². The van der Waals surface area contributed by atoms with Crippen molar-refractivity contribution in [3.8, 4) is 0 Å². The fourth-order valence-electron chi connectivity index (χ4n) is 2.47. The number of likely N-dealkylation sites (tertiary alicyclic amines) is 1. The molecule has 3 heteroatoms. The molecule has 2 aliphatic rings. The molecule has 1 saturated carbocycles. The van der Waals surface area contributed by atoms with Crippen molar-refractivity contribution in [3.63, 3.8) is 0 Å². The van der Waals surface area contributed by atoms with Gasteiger partial charge in [0.2, 0.25) is 0 Å². The highest BCUT2D eigenvalue weighted by Gasteiger charge is 2.39. The summed E-state index contributed by atoms with van der Waals surface area (Å²) in [6, 6.07) is 0.742. The Balaban J connectivity index is 1.89. The van der Waals surface area contributed by atoms with Crippen LogP contribution in [-0.4, -0.2) is 36.6 Å². The molecule has 0 aromatic carbocycles. The van der Waals surface area contributed by atoms with Gasteiger partial charge in [0.1, 0.15) is 6.04 Å². The van der Waals surface area contributed by atoms with Crippen LogP contribution in [0, 0.1) is 0 Å². The van der Waals surface area contributed by atoms with E-state index in [-0.39, 0.29) is 12.0 Å². The summed E-state index contributed by atoms with van der Waals surface area (Å²) in [4.78, 5) is 13.6. The van der Waals surface area contributed by atoms with E-state index in [9.17, 15) is 4.79 Å². The van der Waals surface area contributed by atoms with Crippen molar-refractivity contribution in [2.45, 2.75) is 44.2 Å². The molecule has 0 amide bonds. The third-order valence-electron chi connectivity index (χ3n) is 3.33. The summed E-state index contributed by atoms with van der Waals surface area (Å²) in [5.41, 5.74) is 0. The van der Waals surface area contributed by atoms with Crippen LogP contribution in [0.15, 0.2) is 0 Å². The van der Waals surface area contributed by atoms with Crippen molar-refractivity contribution in [1.82, 2.24) is 4.90 Å². The number of hydrogen-bond donors (Lipinski definition) is 0. The molecule has 0 spiro atoms. The van der Waals surface area contributed by atoms with Crippen molar-refractivity contribution in [1.29, 1.82) is 0 Å². The molecule has 1 heterocycles. The van der Waals surface area contributed by atoms with E-state index < -0.39 is 0 Å². The Morgan fingerprint density at radius 2 is 2.00 bits per heavy atom. The van der Waals surface area contributed by atoms with Crippen LogP contribution < -0.4 is 0 Å². The first-order chi connectivity index (χ1) is 6.33. The molecule has 0 aromatic heterocycles. The molecule has 13 heavy (non-hydrogen) atoms. The number of methoxy groups -OCH3 is 1. The topological polar surface area (TPSA) is 29.5 Å². The molecule has 0 aromatic rings. The van der Waals surface area contributed by atoms with Crippen LogP contribution in [0.3, 0.4) is 0 Å². The first-order valence-corrected chi connectivity index (χ1v) is 5.16. The second kappa shape index (κ2) is 3.66. The Bertz CT molecular complexity index is 199. The molecule has 0 bridgehead atoms. The van der Waals surface area contributed by atoms with Gasteiger partial charge >= 0.3 is 5.97 Å². The van der Waals surface area contributed by atoms with Gasteiger partial charge in [0.05, 0.1) is 7.11 Å². The summed E-state index contributed by atoms with van der Waals surface area (Å²) < 4.78 is 4.76. The molecular formula is C10H17NO2. The Morgan fingerprint density at radius 1 is 1.31 bits per heavy atom. The number of rotatable bonds is 2. The van der Waals surface area contributed by atoms with Crippen molar-refractivity contribution in [3.05, 3.63) is 0 Å². The third-order valence-corrected chi connectivity index (χ3v) is 3.33. The van der Waals surface area contributed by atoms with Crippen LogP contribution in [0.4, 0.5) is 0 Å². The average molecular weight is 183 g/mol. The number of esters is 1. The Morgan fingerprint density at radius 3 is 2.46 bits per heavy atom. The van der Waals surface area contributed by atoms with E-state index >= 15 is 0 Å². The number of carbonyl (C=O) groups excluding carboxylic acids is 1. The zero-order valence-corrected chi connectivity index (χ0v) is 8.16. The number of nitrogens with zero attached hydrogens (tertiary/aromatic N) is 1. The largest absolute Gasteiger partial charge is 0.468 e. The molecule has 1 aliphatic heterocycles. The van der Waals surface area contributed by atoms with Crippen LogP contribution >= 0.6 is 0 Å². The molecule has 0 unspecified atom stereocenters. The van der Waals surface area contributed by atoms with E-state index in [1.807, 2.05) is 0 Å². The highest BCUT2D eigenvalue weighted by molar-refractivity contribution is 5.76. The quantitative estimate of drug-likeness (QED) is 0.602. The van der Waals surface area contributed by atoms with Crippen LogP contribution in [0.1, 0.15) is 32.1 Å². The lowest BCUT2D eigenvalue weighted by Gasteiger charge is -2.42. The smallest absolute Gasteiger partial charge is 0.323 e. The molecule has 1 saturated heterocycles. The Labute approximate surface area is 79.0 Å². The van der Waals surface area contributed by atoms with Gasteiger partial charge in [0.15, 0.2) is 0 Å². The van der Waals surface area contributed by atoms with Gasteiger partial charge in [-0.3, -0.25) is 9.69 Å². The van der Waals surface area contributed by atoms with Gasteiger partial charge < -0.3 is 4.74 Å². The minimum atomic E-state index is -0.0434. The monoisotopic (exact) mass is 183 g/mol. The van der Waals surface area contributed by atoms with Crippen LogP contribution in [0.2, 0.25) is 0 Å². The molecule has 1 aliphatic carbocycles. The second-order valence-corrected chi connectivity index (χ2v) is 4.00. The summed E-state index contributed by atoms with van der Waals surface area (Å²) in [6.45, 7) is 1.09. The lowest BCUT2D eigenvalue weighted by molar-refractivity contribution is -0.153. The molecule has 1 atom stereocenters. The lowest BCUT2D eigenvalue weighted by atomic mass is 9.99. The molecule has 0 N–H and O–H groups in total. The maximum atomic E-state index is 11.3. The molecule has 3 nitrogen and oxygen atoms in total. The van der Waals surface area contributed by atoms with E-state index in [1.54, 1.807) is 0 Å². The van der Waals surface area contributed by atoms with E-state index in [4.69, 9.17) is 4.74 Å². The zero-order valence-electron chi connectivity index (χ0n) is 8.16. The van der Waals surface area contributed by atoms with E-state index in [2.05, 4.69) is 4.90 Å². The first kappa shape index (κ1) is 9.00. The molecule has 74 valence electrons. The van der Waals surface area contributed by atoms with Crippen molar-refractivity contribution in [2.75, 3.05) is 13.7 Å². The molecule has 2 fully saturated rings. The standard InChI is InChI=1S/C10H17NO2/c1-13-10(12)9-6-7-11(9)8-4-2-3-5-8/h8-9H,2-7H2,1H3/t9-/m0/s1. The van der Waals surface area contributed by atoms with Crippen LogP contribution in [0.5, 0.6) is 0 Å². The Hall–Kier alpha value is -0.570. The van der Waals surface area contributed by atoms with E-state index in [1.165, 1.54) is 32.8 Å². The van der Waals surface area contributed by atoms with Crippen LogP contribution in [0.25, 0.3) is 0 Å². The van der Waals surface area contributed by atoms with Gasteiger partial charge in [0.25, 0.3) is 0 Å². The Kier molecular flexibility index (Phi) is 2.54. The fraction of sp³-hybridized carbons (Fsp3) is 0.900. The number of hydrogen-bond acceptors (Lipinski definition) is 3. The summed E-state index contributed by atoms with van der Waals surface area (Å²) in [7, 11) is 1.48. The summed E-state index contributed by atoms with van der Waals surface area (Å²) in [5.74, 6) is -0.0434. The predicted molar refractivity (Wildman–Crippen MR) is 49.4 cm³/mol. The number of ether oxygens (including phenoxy) is 1. The molecule has 2 rings (SSSR count). The minimum Gasteiger partial charge on any atom is -0.468 e. The summed E-state index contributed by atoms with van der Waals surface area (Å²) >= 11 is 0. The third kappa shape index (κ3) is 1.57. The second-order valence-electron chi connectivity index (χ2n) is 4.00. The maximum Gasteiger partial charge on any atom is 0.323 e. The zero-order chi connectivity index (χ0) is 9.26. The van der Waals surface area contributed by atoms with Gasteiger partial charge in [0, 0.05) is 12.6 Å². The van der Waals surface area contributed by atoms with Gasteiger partial charge in [-0.25, -0.2) is 0 Å². The highest BCUT2D eigenvalue weighted by Crippen LogP contribution is 2.31. The van der Waals surface area contributed by atoms with E-state index in [0.29, 0.717) is 6.04 Å². The SMILES string of the molecule is COC(=O)[C@@H]1CCN1C1CCCC1. The van der Waals surface area contributed by atoms with Gasteiger partial charge in [-0.15, -0.1) is 0 Å². The van der Waals surface area contributed by atoms with Gasteiger partial charge in [-0.05, 0) is 19.3 Å². The summed E-state index contributed by atoms with van der Waals surface area (Å²) in [5, 5.41) is 0. The molecular weight excluding hydrogens is 166 g/mol.